The van der Waals surface area contributed by atoms with Gasteiger partial charge in [0, 0.05) is 12.6 Å². The second-order valence-electron chi connectivity index (χ2n) is 7.55. The first kappa shape index (κ1) is 14.4. The molecule has 0 heterocycles. The summed E-state index contributed by atoms with van der Waals surface area (Å²) in [5.41, 5.74) is 0.644. The summed E-state index contributed by atoms with van der Waals surface area (Å²) in [6.45, 7) is 8.52. The van der Waals surface area contributed by atoms with E-state index < -0.39 is 0 Å². The summed E-state index contributed by atoms with van der Waals surface area (Å²) in [7, 11) is 0. The Morgan fingerprint density at radius 1 is 1.06 bits per heavy atom. The van der Waals surface area contributed by atoms with E-state index in [4.69, 9.17) is 0 Å². The molecular weight excluding hydrogens is 218 g/mol. The van der Waals surface area contributed by atoms with Crippen molar-refractivity contribution in [3.05, 3.63) is 0 Å². The molecule has 1 N–H and O–H groups in total. The van der Waals surface area contributed by atoms with Gasteiger partial charge in [0.15, 0.2) is 0 Å². The summed E-state index contributed by atoms with van der Waals surface area (Å²) in [5.74, 6) is 1.75. The highest BCUT2D eigenvalue weighted by Gasteiger charge is 2.35. The van der Waals surface area contributed by atoms with Crippen LogP contribution in [0.25, 0.3) is 0 Å². The second kappa shape index (κ2) is 6.41. The predicted molar refractivity (Wildman–Crippen MR) is 79.8 cm³/mol. The van der Waals surface area contributed by atoms with Crippen LogP contribution in [0.2, 0.25) is 0 Å². The molecule has 0 aromatic heterocycles. The fourth-order valence-electron chi connectivity index (χ4n) is 4.41. The standard InChI is InChI=1S/C17H33N/c1-14(2)12-17(10-6-7-11-17)13-18-16-9-5-4-8-15(16)3/h14-16,18H,4-13H2,1-3H3. The lowest BCUT2D eigenvalue weighted by molar-refractivity contribution is 0.188. The van der Waals surface area contributed by atoms with Crippen LogP contribution in [-0.2, 0) is 0 Å². The third-order valence-corrected chi connectivity index (χ3v) is 5.36. The Morgan fingerprint density at radius 3 is 2.33 bits per heavy atom. The van der Waals surface area contributed by atoms with E-state index in [2.05, 4.69) is 26.1 Å². The van der Waals surface area contributed by atoms with Gasteiger partial charge < -0.3 is 5.32 Å². The van der Waals surface area contributed by atoms with Crippen molar-refractivity contribution >= 4 is 0 Å². The predicted octanol–water partition coefficient (Wildman–Crippen LogP) is 4.76. The Balaban J connectivity index is 1.85. The molecule has 2 aliphatic carbocycles. The largest absolute Gasteiger partial charge is 0.313 e. The van der Waals surface area contributed by atoms with Gasteiger partial charge >= 0.3 is 0 Å². The van der Waals surface area contributed by atoms with Gasteiger partial charge in [-0.2, -0.15) is 0 Å². The van der Waals surface area contributed by atoms with Gasteiger partial charge in [-0.05, 0) is 49.4 Å². The lowest BCUT2D eigenvalue weighted by Gasteiger charge is -2.36. The average Bonchev–Trinajstić information content (AvgIpc) is 2.76. The first-order chi connectivity index (χ1) is 8.61. The zero-order valence-corrected chi connectivity index (χ0v) is 12.8. The van der Waals surface area contributed by atoms with Crippen LogP contribution in [0, 0.1) is 17.3 Å². The third-order valence-electron chi connectivity index (χ3n) is 5.36. The van der Waals surface area contributed by atoms with Crippen LogP contribution in [0.4, 0.5) is 0 Å². The summed E-state index contributed by atoms with van der Waals surface area (Å²) in [6.07, 6.45) is 13.1. The molecule has 0 aromatic carbocycles. The smallest absolute Gasteiger partial charge is 0.00929 e. The Labute approximate surface area is 114 Å². The Hall–Kier alpha value is -0.0400. The number of hydrogen-bond acceptors (Lipinski definition) is 1. The van der Waals surface area contributed by atoms with Crippen LogP contribution in [0.1, 0.15) is 78.6 Å². The van der Waals surface area contributed by atoms with Crippen molar-refractivity contribution in [3.8, 4) is 0 Å². The van der Waals surface area contributed by atoms with E-state index in [1.54, 1.807) is 0 Å². The van der Waals surface area contributed by atoms with Gasteiger partial charge in [-0.1, -0.05) is 46.5 Å². The molecule has 0 radical (unpaired) electrons. The van der Waals surface area contributed by atoms with Gasteiger partial charge in [0.05, 0.1) is 0 Å². The van der Waals surface area contributed by atoms with Crippen LogP contribution in [0.15, 0.2) is 0 Å². The lowest BCUT2D eigenvalue weighted by atomic mass is 9.77. The first-order valence-corrected chi connectivity index (χ1v) is 8.35. The molecule has 0 aliphatic heterocycles. The molecule has 1 heteroatoms. The third kappa shape index (κ3) is 3.73. The van der Waals surface area contributed by atoms with Crippen LogP contribution >= 0.6 is 0 Å². The monoisotopic (exact) mass is 251 g/mol. The highest BCUT2D eigenvalue weighted by Crippen LogP contribution is 2.43. The molecular formula is C17H33N. The van der Waals surface area contributed by atoms with Crippen molar-refractivity contribution in [2.45, 2.75) is 84.6 Å². The number of hydrogen-bond donors (Lipinski definition) is 1. The molecule has 0 aromatic rings. The summed E-state index contributed by atoms with van der Waals surface area (Å²) in [6, 6.07) is 0.809. The highest BCUT2D eigenvalue weighted by atomic mass is 14.9. The average molecular weight is 251 g/mol. The summed E-state index contributed by atoms with van der Waals surface area (Å²) in [5, 5.41) is 3.96. The van der Waals surface area contributed by atoms with Crippen LogP contribution in [0.5, 0.6) is 0 Å². The van der Waals surface area contributed by atoms with Gasteiger partial charge in [0.2, 0.25) is 0 Å². The molecule has 0 amide bonds. The molecule has 0 bridgehead atoms. The first-order valence-electron chi connectivity index (χ1n) is 8.35. The van der Waals surface area contributed by atoms with Gasteiger partial charge in [-0.3, -0.25) is 0 Å². The minimum atomic E-state index is 0.644. The van der Waals surface area contributed by atoms with E-state index in [9.17, 15) is 0 Å². The molecule has 18 heavy (non-hydrogen) atoms. The molecule has 0 spiro atoms. The van der Waals surface area contributed by atoms with Gasteiger partial charge in [-0.15, -0.1) is 0 Å². The fourth-order valence-corrected chi connectivity index (χ4v) is 4.41. The van der Waals surface area contributed by atoms with E-state index in [0.717, 1.165) is 17.9 Å². The summed E-state index contributed by atoms with van der Waals surface area (Å²) < 4.78 is 0. The topological polar surface area (TPSA) is 12.0 Å². The van der Waals surface area contributed by atoms with Gasteiger partial charge in [-0.25, -0.2) is 0 Å². The van der Waals surface area contributed by atoms with Crippen molar-refractivity contribution in [2.75, 3.05) is 6.54 Å². The maximum Gasteiger partial charge on any atom is 0.00929 e. The molecule has 2 aliphatic rings. The maximum absolute atomic E-state index is 3.96. The number of nitrogens with one attached hydrogen (secondary N) is 1. The van der Waals surface area contributed by atoms with Crippen molar-refractivity contribution in [1.29, 1.82) is 0 Å². The Bertz CT molecular complexity index is 240. The minimum absolute atomic E-state index is 0.644. The molecule has 2 fully saturated rings. The molecule has 0 saturated heterocycles. The molecule has 2 rings (SSSR count). The van der Waals surface area contributed by atoms with E-state index in [-0.39, 0.29) is 0 Å². The van der Waals surface area contributed by atoms with Crippen molar-refractivity contribution in [1.82, 2.24) is 5.32 Å². The van der Waals surface area contributed by atoms with E-state index >= 15 is 0 Å². The molecule has 2 unspecified atom stereocenters. The number of rotatable bonds is 5. The Kier molecular flexibility index (Phi) is 5.12. The molecule has 106 valence electrons. The molecule has 1 nitrogen and oxygen atoms in total. The van der Waals surface area contributed by atoms with Crippen LogP contribution in [-0.4, -0.2) is 12.6 Å². The highest BCUT2D eigenvalue weighted by molar-refractivity contribution is 4.89. The Morgan fingerprint density at radius 2 is 1.72 bits per heavy atom. The van der Waals surface area contributed by atoms with Crippen LogP contribution < -0.4 is 5.32 Å². The zero-order valence-electron chi connectivity index (χ0n) is 12.8. The van der Waals surface area contributed by atoms with Crippen molar-refractivity contribution in [2.24, 2.45) is 17.3 Å². The maximum atomic E-state index is 3.96. The summed E-state index contributed by atoms with van der Waals surface area (Å²) in [4.78, 5) is 0. The van der Waals surface area contributed by atoms with Crippen LogP contribution in [0.3, 0.4) is 0 Å². The SMILES string of the molecule is CC(C)CC1(CNC2CCCCC2C)CCCC1. The van der Waals surface area contributed by atoms with E-state index in [1.165, 1.54) is 64.3 Å². The van der Waals surface area contributed by atoms with Crippen molar-refractivity contribution in [3.63, 3.8) is 0 Å². The molecule has 2 atom stereocenters. The second-order valence-corrected chi connectivity index (χ2v) is 7.55. The van der Waals surface area contributed by atoms with Gasteiger partial charge in [0.25, 0.3) is 0 Å². The van der Waals surface area contributed by atoms with E-state index in [0.29, 0.717) is 5.41 Å². The lowest BCUT2D eigenvalue weighted by Crippen LogP contribution is -2.43. The van der Waals surface area contributed by atoms with E-state index in [1.807, 2.05) is 0 Å². The summed E-state index contributed by atoms with van der Waals surface area (Å²) >= 11 is 0. The normalized spacial score (nSPS) is 32.0. The van der Waals surface area contributed by atoms with Crippen molar-refractivity contribution < 1.29 is 0 Å². The zero-order chi connectivity index (χ0) is 13.0. The van der Waals surface area contributed by atoms with Gasteiger partial charge in [0.1, 0.15) is 0 Å². The quantitative estimate of drug-likeness (QED) is 0.743. The molecule has 2 saturated carbocycles. The fraction of sp³-hybridized carbons (Fsp3) is 1.00. The minimum Gasteiger partial charge on any atom is -0.313 e.